The zero-order valence-electron chi connectivity index (χ0n) is 17.7. The Labute approximate surface area is 186 Å². The molecule has 7 nitrogen and oxygen atoms in total. The summed E-state index contributed by atoms with van der Waals surface area (Å²) in [5.41, 5.74) is 1.87. The average molecular weight is 429 g/mol. The molecule has 3 heterocycles. The number of fused-ring (bicyclic) bond motifs is 3. The molecule has 32 heavy (non-hydrogen) atoms. The van der Waals surface area contributed by atoms with E-state index in [1.54, 1.807) is 34.2 Å². The van der Waals surface area contributed by atoms with Crippen LogP contribution in [0.3, 0.4) is 0 Å². The molecule has 162 valence electrons. The maximum atomic E-state index is 13.8. The highest BCUT2D eigenvalue weighted by Crippen LogP contribution is 2.37. The van der Waals surface area contributed by atoms with Gasteiger partial charge >= 0.3 is 0 Å². The Balaban J connectivity index is 1.53. The van der Waals surface area contributed by atoms with Gasteiger partial charge in [-0.3, -0.25) is 14.6 Å². The summed E-state index contributed by atoms with van der Waals surface area (Å²) in [5.74, 6) is 0.733. The Morgan fingerprint density at radius 3 is 2.69 bits per heavy atom. The van der Waals surface area contributed by atoms with E-state index in [4.69, 9.17) is 9.47 Å². The average Bonchev–Trinajstić information content (AvgIpc) is 3.27. The molecule has 0 radical (unpaired) electrons. The zero-order valence-corrected chi connectivity index (χ0v) is 17.7. The molecule has 0 N–H and O–H groups in total. The first-order chi connectivity index (χ1) is 15.7. The molecular formula is C25H23N3O4. The van der Waals surface area contributed by atoms with Gasteiger partial charge in [0.05, 0.1) is 37.1 Å². The lowest BCUT2D eigenvalue weighted by Crippen LogP contribution is -2.48. The van der Waals surface area contributed by atoms with Crippen molar-refractivity contribution in [1.29, 1.82) is 0 Å². The molecule has 2 aliphatic heterocycles. The van der Waals surface area contributed by atoms with Crippen LogP contribution in [0.25, 0.3) is 0 Å². The van der Waals surface area contributed by atoms with Gasteiger partial charge in [-0.15, -0.1) is 0 Å². The van der Waals surface area contributed by atoms with Gasteiger partial charge in [0.1, 0.15) is 23.6 Å². The number of pyridine rings is 1. The van der Waals surface area contributed by atoms with Crippen LogP contribution < -0.4 is 14.4 Å². The zero-order chi connectivity index (χ0) is 22.1. The van der Waals surface area contributed by atoms with Gasteiger partial charge in [0.2, 0.25) is 5.91 Å². The number of carbonyl (C=O) groups excluding carboxylic acids is 2. The van der Waals surface area contributed by atoms with Gasteiger partial charge < -0.3 is 19.3 Å². The predicted octanol–water partition coefficient (Wildman–Crippen LogP) is 3.30. The van der Waals surface area contributed by atoms with Crippen LogP contribution in [0.15, 0.2) is 72.9 Å². The SMILES string of the molecule is COc1ccccc1C(=O)N1CC2CC1C(=O)N(Cc1ccccn1)c1ccccc1O2. The van der Waals surface area contributed by atoms with Crippen molar-refractivity contribution in [3.63, 3.8) is 0 Å². The Kier molecular flexibility index (Phi) is 5.23. The lowest BCUT2D eigenvalue weighted by atomic mass is 10.1. The summed E-state index contributed by atoms with van der Waals surface area (Å²) in [6.45, 7) is 0.622. The highest BCUT2D eigenvalue weighted by molar-refractivity contribution is 6.04. The first-order valence-electron chi connectivity index (χ1n) is 10.6. The van der Waals surface area contributed by atoms with Crippen LogP contribution in [0.2, 0.25) is 0 Å². The Hall–Kier alpha value is -3.87. The fourth-order valence-corrected chi connectivity index (χ4v) is 4.39. The van der Waals surface area contributed by atoms with Gasteiger partial charge in [-0.2, -0.15) is 0 Å². The number of methoxy groups -OCH3 is 1. The number of nitrogens with zero attached hydrogens (tertiary/aromatic N) is 3. The molecule has 2 amide bonds. The van der Waals surface area contributed by atoms with E-state index in [0.717, 1.165) is 5.69 Å². The normalized spacial score (nSPS) is 19.6. The molecule has 1 aromatic heterocycles. The van der Waals surface area contributed by atoms with Crippen molar-refractivity contribution < 1.29 is 19.1 Å². The van der Waals surface area contributed by atoms with Crippen LogP contribution in [-0.4, -0.2) is 47.5 Å². The van der Waals surface area contributed by atoms with E-state index in [1.165, 1.54) is 7.11 Å². The Bertz CT molecular complexity index is 1150. The van der Waals surface area contributed by atoms with Gasteiger partial charge in [-0.1, -0.05) is 30.3 Å². The van der Waals surface area contributed by atoms with E-state index in [-0.39, 0.29) is 24.5 Å². The lowest BCUT2D eigenvalue weighted by molar-refractivity contribution is -0.122. The summed E-state index contributed by atoms with van der Waals surface area (Å²) in [6.07, 6.45) is 1.88. The molecule has 1 saturated heterocycles. The lowest BCUT2D eigenvalue weighted by Gasteiger charge is -2.31. The van der Waals surface area contributed by atoms with Crippen molar-refractivity contribution in [3.8, 4) is 11.5 Å². The second-order valence-electron chi connectivity index (χ2n) is 7.86. The number of aromatic nitrogens is 1. The number of anilines is 1. The fourth-order valence-electron chi connectivity index (χ4n) is 4.39. The minimum absolute atomic E-state index is 0.142. The number of benzene rings is 2. The minimum Gasteiger partial charge on any atom is -0.496 e. The van der Waals surface area contributed by atoms with Gasteiger partial charge in [0, 0.05) is 12.6 Å². The number of hydrogen-bond donors (Lipinski definition) is 0. The van der Waals surface area contributed by atoms with Crippen molar-refractivity contribution >= 4 is 17.5 Å². The number of amides is 2. The van der Waals surface area contributed by atoms with Crippen LogP contribution in [0, 0.1) is 0 Å². The molecule has 0 spiro atoms. The molecule has 0 saturated carbocycles. The summed E-state index contributed by atoms with van der Waals surface area (Å²) in [5, 5.41) is 0. The number of carbonyl (C=O) groups is 2. The summed E-state index contributed by atoms with van der Waals surface area (Å²) >= 11 is 0. The first-order valence-corrected chi connectivity index (χ1v) is 10.6. The van der Waals surface area contributed by atoms with Gasteiger partial charge in [-0.25, -0.2) is 0 Å². The number of para-hydroxylation sites is 3. The molecule has 0 aliphatic carbocycles. The second kappa shape index (κ2) is 8.34. The van der Waals surface area contributed by atoms with Crippen LogP contribution >= 0.6 is 0 Å². The summed E-state index contributed by atoms with van der Waals surface area (Å²) in [4.78, 5) is 35.0. The molecule has 7 heteroatoms. The monoisotopic (exact) mass is 429 g/mol. The van der Waals surface area contributed by atoms with E-state index < -0.39 is 6.04 Å². The third kappa shape index (κ3) is 3.56. The quantitative estimate of drug-likeness (QED) is 0.636. The van der Waals surface area contributed by atoms with Gasteiger partial charge in [0.15, 0.2) is 0 Å². The van der Waals surface area contributed by atoms with Crippen molar-refractivity contribution in [1.82, 2.24) is 9.88 Å². The third-order valence-corrected chi connectivity index (χ3v) is 5.91. The maximum Gasteiger partial charge on any atom is 0.258 e. The van der Waals surface area contributed by atoms with Crippen LogP contribution in [0.5, 0.6) is 11.5 Å². The molecule has 2 unspecified atom stereocenters. The third-order valence-electron chi connectivity index (χ3n) is 5.91. The fraction of sp³-hybridized carbons (Fsp3) is 0.240. The predicted molar refractivity (Wildman–Crippen MR) is 119 cm³/mol. The second-order valence-corrected chi connectivity index (χ2v) is 7.86. The molecule has 1 fully saturated rings. The molecule has 5 rings (SSSR count). The summed E-state index contributed by atoms with van der Waals surface area (Å²) in [6, 6.07) is 19.5. The van der Waals surface area contributed by atoms with Crippen LogP contribution in [-0.2, 0) is 11.3 Å². The number of ether oxygens (including phenoxy) is 2. The van der Waals surface area contributed by atoms with Crippen molar-refractivity contribution in [3.05, 3.63) is 84.2 Å². The topological polar surface area (TPSA) is 72.0 Å². The molecule has 3 aromatic rings. The van der Waals surface area contributed by atoms with Gasteiger partial charge in [-0.05, 0) is 36.4 Å². The highest BCUT2D eigenvalue weighted by Gasteiger charge is 2.45. The smallest absolute Gasteiger partial charge is 0.258 e. The molecular weight excluding hydrogens is 406 g/mol. The highest BCUT2D eigenvalue weighted by atomic mass is 16.5. The standard InChI is InChI=1S/C25H23N3O4/c1-31-22-11-4-2-9-19(22)24(29)28-16-18-14-21(28)25(30)27(15-17-8-6-7-13-26-17)20-10-3-5-12-23(20)32-18/h2-13,18,21H,14-16H2,1H3. The van der Waals surface area contributed by atoms with Crippen LogP contribution in [0.1, 0.15) is 22.5 Å². The van der Waals surface area contributed by atoms with Crippen molar-refractivity contribution in [2.45, 2.75) is 25.1 Å². The van der Waals surface area contributed by atoms with E-state index in [9.17, 15) is 9.59 Å². The molecule has 2 bridgehead atoms. The van der Waals surface area contributed by atoms with E-state index >= 15 is 0 Å². The van der Waals surface area contributed by atoms with Crippen molar-refractivity contribution in [2.24, 2.45) is 0 Å². The van der Waals surface area contributed by atoms with Crippen LogP contribution in [0.4, 0.5) is 5.69 Å². The molecule has 2 aliphatic rings. The summed E-state index contributed by atoms with van der Waals surface area (Å²) in [7, 11) is 1.53. The molecule has 2 atom stereocenters. The van der Waals surface area contributed by atoms with Crippen molar-refractivity contribution in [2.75, 3.05) is 18.6 Å². The first kappa shape index (κ1) is 20.1. The number of hydrogen-bond acceptors (Lipinski definition) is 5. The minimum atomic E-state index is -0.630. The number of likely N-dealkylation sites (tertiary alicyclic amines) is 1. The molecule has 2 aromatic carbocycles. The van der Waals surface area contributed by atoms with E-state index in [2.05, 4.69) is 4.98 Å². The van der Waals surface area contributed by atoms with E-state index in [0.29, 0.717) is 35.7 Å². The largest absolute Gasteiger partial charge is 0.496 e. The number of rotatable bonds is 4. The van der Waals surface area contributed by atoms with E-state index in [1.807, 2.05) is 48.5 Å². The Morgan fingerprint density at radius 2 is 1.88 bits per heavy atom. The van der Waals surface area contributed by atoms with Gasteiger partial charge in [0.25, 0.3) is 5.91 Å². The maximum absolute atomic E-state index is 13.8. The Morgan fingerprint density at radius 1 is 1.09 bits per heavy atom. The summed E-state index contributed by atoms with van der Waals surface area (Å²) < 4.78 is 11.7.